The predicted octanol–water partition coefficient (Wildman–Crippen LogP) is 3.66. The van der Waals surface area contributed by atoms with E-state index < -0.39 is 23.7 Å². The third-order valence-electron chi connectivity index (χ3n) is 3.66. The second-order valence-corrected chi connectivity index (χ2v) is 5.71. The Morgan fingerprint density at radius 1 is 1.25 bits per heavy atom. The highest BCUT2D eigenvalue weighted by Crippen LogP contribution is 2.42. The van der Waals surface area contributed by atoms with E-state index in [4.69, 9.17) is 4.74 Å². The number of hydrogen-bond donors (Lipinski definition) is 1. The van der Waals surface area contributed by atoms with Crippen molar-refractivity contribution in [2.45, 2.75) is 12.7 Å². The highest BCUT2D eigenvalue weighted by atomic mass is 19.3. The van der Waals surface area contributed by atoms with Gasteiger partial charge >= 0.3 is 6.29 Å². The summed E-state index contributed by atoms with van der Waals surface area (Å²) in [4.78, 5) is 22.4. The number of ether oxygens (including phenoxy) is 3. The number of non-ortho nitro benzene ring substituents is 1. The molecule has 1 heterocycles. The number of nitro groups is 1. The van der Waals surface area contributed by atoms with E-state index in [1.54, 1.807) is 6.08 Å². The number of alkyl halides is 2. The SMILES string of the molecule is C=CCc1cc([N+](=O)[O-])ccc1OCC(=O)Nc1ccc2c(c1)OC(F)(F)O2. The summed E-state index contributed by atoms with van der Waals surface area (Å²) in [6.45, 7) is 3.18. The van der Waals surface area contributed by atoms with Gasteiger partial charge in [0.05, 0.1) is 4.92 Å². The summed E-state index contributed by atoms with van der Waals surface area (Å²) in [6.07, 6.45) is -1.88. The zero-order chi connectivity index (χ0) is 20.3. The first kappa shape index (κ1) is 19.1. The van der Waals surface area contributed by atoms with Crippen LogP contribution < -0.4 is 19.5 Å². The first-order chi connectivity index (χ1) is 13.3. The summed E-state index contributed by atoms with van der Waals surface area (Å²) in [6, 6.07) is 7.81. The summed E-state index contributed by atoms with van der Waals surface area (Å²) in [5, 5.41) is 13.3. The van der Waals surface area contributed by atoms with E-state index in [0.29, 0.717) is 17.7 Å². The van der Waals surface area contributed by atoms with E-state index in [-0.39, 0.29) is 22.9 Å². The van der Waals surface area contributed by atoms with E-state index in [1.807, 2.05) is 0 Å². The number of allylic oxidation sites excluding steroid dienone is 1. The summed E-state index contributed by atoms with van der Waals surface area (Å²) < 4.78 is 40.1. The van der Waals surface area contributed by atoms with Gasteiger partial charge in [0, 0.05) is 29.4 Å². The molecule has 0 bridgehead atoms. The number of rotatable bonds is 7. The van der Waals surface area contributed by atoms with Gasteiger partial charge in [-0.1, -0.05) is 6.08 Å². The van der Waals surface area contributed by atoms with E-state index in [1.165, 1.54) is 36.4 Å². The molecule has 1 aliphatic rings. The molecule has 0 fully saturated rings. The Morgan fingerprint density at radius 2 is 2.00 bits per heavy atom. The quantitative estimate of drug-likeness (QED) is 0.439. The molecule has 0 unspecified atom stereocenters. The molecule has 146 valence electrons. The molecule has 2 aromatic rings. The Labute approximate surface area is 157 Å². The van der Waals surface area contributed by atoms with Crippen molar-refractivity contribution in [1.82, 2.24) is 0 Å². The van der Waals surface area contributed by atoms with Crippen molar-refractivity contribution in [2.24, 2.45) is 0 Å². The number of nitrogens with one attached hydrogen (secondary N) is 1. The molecule has 2 aromatic carbocycles. The topological polar surface area (TPSA) is 99.9 Å². The Morgan fingerprint density at radius 3 is 2.71 bits per heavy atom. The van der Waals surface area contributed by atoms with Crippen molar-refractivity contribution >= 4 is 17.3 Å². The van der Waals surface area contributed by atoms with Crippen molar-refractivity contribution in [3.63, 3.8) is 0 Å². The van der Waals surface area contributed by atoms with Gasteiger partial charge in [-0.15, -0.1) is 15.4 Å². The standard InChI is InChI=1S/C18H14F2N2O6/c1-2-3-11-8-13(22(24)25)5-7-14(11)26-10-17(23)21-12-4-6-15-16(9-12)28-18(19,20)27-15/h2,4-9H,1,3,10H2,(H,21,23). The fourth-order valence-corrected chi connectivity index (χ4v) is 2.50. The van der Waals surface area contributed by atoms with Gasteiger partial charge in [-0.05, 0) is 24.6 Å². The number of anilines is 1. The van der Waals surface area contributed by atoms with Crippen LogP contribution in [-0.4, -0.2) is 23.7 Å². The Hall–Kier alpha value is -3.69. The maximum atomic E-state index is 13.0. The maximum Gasteiger partial charge on any atom is 0.586 e. The molecule has 1 N–H and O–H groups in total. The van der Waals surface area contributed by atoms with Crippen LogP contribution >= 0.6 is 0 Å². The largest absolute Gasteiger partial charge is 0.586 e. The Bertz CT molecular complexity index is 948. The van der Waals surface area contributed by atoms with Gasteiger partial charge in [0.15, 0.2) is 18.1 Å². The van der Waals surface area contributed by atoms with E-state index >= 15 is 0 Å². The van der Waals surface area contributed by atoms with E-state index in [2.05, 4.69) is 21.4 Å². The van der Waals surface area contributed by atoms with Crippen LogP contribution in [0.1, 0.15) is 5.56 Å². The number of nitro benzene ring substituents is 1. The fraction of sp³-hybridized carbons (Fsp3) is 0.167. The van der Waals surface area contributed by atoms with Crippen molar-refractivity contribution in [3.05, 3.63) is 64.7 Å². The van der Waals surface area contributed by atoms with Crippen LogP contribution in [0.25, 0.3) is 0 Å². The summed E-state index contributed by atoms with van der Waals surface area (Å²) in [5.74, 6) is -0.605. The maximum absolute atomic E-state index is 13.0. The van der Waals surface area contributed by atoms with Crippen molar-refractivity contribution in [3.8, 4) is 17.2 Å². The molecule has 10 heteroatoms. The second kappa shape index (κ2) is 7.51. The molecule has 0 aliphatic carbocycles. The summed E-state index contributed by atoms with van der Waals surface area (Å²) in [7, 11) is 0. The smallest absolute Gasteiger partial charge is 0.483 e. The van der Waals surface area contributed by atoms with Gasteiger partial charge in [-0.2, -0.15) is 0 Å². The van der Waals surface area contributed by atoms with Gasteiger partial charge in [-0.25, -0.2) is 0 Å². The first-order valence-electron chi connectivity index (χ1n) is 7.98. The molecule has 0 spiro atoms. The molecule has 8 nitrogen and oxygen atoms in total. The minimum atomic E-state index is -3.74. The lowest BCUT2D eigenvalue weighted by Gasteiger charge is -2.11. The molecular weight excluding hydrogens is 378 g/mol. The van der Waals surface area contributed by atoms with Crippen LogP contribution in [0.15, 0.2) is 49.1 Å². The Kier molecular flexibility index (Phi) is 5.12. The summed E-state index contributed by atoms with van der Waals surface area (Å²) >= 11 is 0. The van der Waals surface area contributed by atoms with E-state index in [0.717, 1.165) is 0 Å². The lowest BCUT2D eigenvalue weighted by Crippen LogP contribution is -2.25. The lowest BCUT2D eigenvalue weighted by molar-refractivity contribution is -0.384. The average molecular weight is 392 g/mol. The molecule has 0 saturated carbocycles. The minimum absolute atomic E-state index is 0.106. The van der Waals surface area contributed by atoms with Crippen LogP contribution in [0.5, 0.6) is 17.2 Å². The van der Waals surface area contributed by atoms with Crippen LogP contribution in [0.4, 0.5) is 20.2 Å². The molecule has 3 rings (SSSR count). The normalized spacial score (nSPS) is 13.6. The average Bonchev–Trinajstić information content (AvgIpc) is 2.93. The monoisotopic (exact) mass is 392 g/mol. The van der Waals surface area contributed by atoms with Crippen LogP contribution in [-0.2, 0) is 11.2 Å². The van der Waals surface area contributed by atoms with Crippen LogP contribution in [0.3, 0.4) is 0 Å². The van der Waals surface area contributed by atoms with Gasteiger partial charge < -0.3 is 19.5 Å². The highest BCUT2D eigenvalue weighted by molar-refractivity contribution is 5.92. The second-order valence-electron chi connectivity index (χ2n) is 5.71. The molecule has 0 atom stereocenters. The minimum Gasteiger partial charge on any atom is -0.483 e. The number of carbonyl (C=O) groups is 1. The molecule has 1 aliphatic heterocycles. The molecule has 0 aromatic heterocycles. The number of nitrogens with zero attached hydrogens (tertiary/aromatic N) is 1. The zero-order valence-corrected chi connectivity index (χ0v) is 14.3. The third kappa shape index (κ3) is 4.34. The van der Waals surface area contributed by atoms with Crippen LogP contribution in [0.2, 0.25) is 0 Å². The molecule has 1 amide bonds. The van der Waals surface area contributed by atoms with Crippen molar-refractivity contribution < 1.29 is 32.7 Å². The van der Waals surface area contributed by atoms with Crippen LogP contribution in [0, 0.1) is 10.1 Å². The number of hydrogen-bond acceptors (Lipinski definition) is 6. The lowest BCUT2D eigenvalue weighted by atomic mass is 10.1. The number of benzene rings is 2. The van der Waals surface area contributed by atoms with Gasteiger partial charge in [-0.3, -0.25) is 14.9 Å². The Balaban J connectivity index is 1.64. The number of halogens is 2. The van der Waals surface area contributed by atoms with Gasteiger partial charge in [0.1, 0.15) is 5.75 Å². The van der Waals surface area contributed by atoms with Crippen molar-refractivity contribution in [1.29, 1.82) is 0 Å². The van der Waals surface area contributed by atoms with Crippen molar-refractivity contribution in [2.75, 3.05) is 11.9 Å². The molecular formula is C18H14F2N2O6. The number of amides is 1. The third-order valence-corrected chi connectivity index (χ3v) is 3.66. The number of fused-ring (bicyclic) bond motifs is 1. The van der Waals surface area contributed by atoms with Gasteiger partial charge in [0.25, 0.3) is 11.6 Å². The summed E-state index contributed by atoms with van der Waals surface area (Å²) in [5.41, 5.74) is 0.608. The molecule has 0 radical (unpaired) electrons. The predicted molar refractivity (Wildman–Crippen MR) is 93.8 cm³/mol. The van der Waals surface area contributed by atoms with Gasteiger partial charge in [0.2, 0.25) is 0 Å². The number of carbonyl (C=O) groups excluding carboxylic acids is 1. The first-order valence-corrected chi connectivity index (χ1v) is 7.98. The fourth-order valence-electron chi connectivity index (χ4n) is 2.50. The highest BCUT2D eigenvalue weighted by Gasteiger charge is 2.43. The zero-order valence-electron chi connectivity index (χ0n) is 14.3. The molecule has 28 heavy (non-hydrogen) atoms. The van der Waals surface area contributed by atoms with E-state index in [9.17, 15) is 23.7 Å². The molecule has 0 saturated heterocycles.